The Balaban J connectivity index is 2.98. The third-order valence-electron chi connectivity index (χ3n) is 2.26. The SMILES string of the molecule is Nc1ccc2ccc(N)c(O)c2c1N. The Morgan fingerprint density at radius 1 is 0.857 bits per heavy atom. The van der Waals surface area contributed by atoms with Gasteiger partial charge in [0.15, 0.2) is 0 Å². The molecule has 0 amide bonds. The molecule has 7 N–H and O–H groups in total. The minimum absolute atomic E-state index is 0.00713. The average Bonchev–Trinajstić information content (AvgIpc) is 2.17. The first kappa shape index (κ1) is 8.50. The van der Waals surface area contributed by atoms with E-state index < -0.39 is 0 Å². The first-order chi connectivity index (χ1) is 6.61. The molecule has 0 aliphatic rings. The highest BCUT2D eigenvalue weighted by atomic mass is 16.3. The minimum Gasteiger partial charge on any atom is -0.505 e. The first-order valence-electron chi connectivity index (χ1n) is 4.16. The Hall–Kier alpha value is -2.10. The molecule has 0 radical (unpaired) electrons. The number of rotatable bonds is 0. The number of anilines is 3. The predicted octanol–water partition coefficient (Wildman–Crippen LogP) is 1.29. The number of nitrogens with two attached hydrogens (primary N) is 3. The van der Waals surface area contributed by atoms with Crippen LogP contribution in [0.2, 0.25) is 0 Å². The van der Waals surface area contributed by atoms with E-state index in [2.05, 4.69) is 0 Å². The topological polar surface area (TPSA) is 98.3 Å². The molecule has 0 aliphatic carbocycles. The van der Waals surface area contributed by atoms with E-state index in [0.29, 0.717) is 22.4 Å². The van der Waals surface area contributed by atoms with Gasteiger partial charge in [0, 0.05) is 0 Å². The summed E-state index contributed by atoms with van der Waals surface area (Å²) < 4.78 is 0. The molecule has 0 unspecified atom stereocenters. The lowest BCUT2D eigenvalue weighted by atomic mass is 10.1. The molecule has 0 bridgehead atoms. The zero-order valence-corrected chi connectivity index (χ0v) is 7.49. The third kappa shape index (κ3) is 1.01. The van der Waals surface area contributed by atoms with Crippen molar-refractivity contribution >= 4 is 27.8 Å². The molecular weight excluding hydrogens is 178 g/mol. The monoisotopic (exact) mass is 189 g/mol. The van der Waals surface area contributed by atoms with E-state index in [9.17, 15) is 5.11 Å². The Bertz CT molecular complexity index is 465. The van der Waals surface area contributed by atoms with Crippen LogP contribution in [0, 0.1) is 0 Å². The fraction of sp³-hybridized carbons (Fsp3) is 0. The number of nitrogen functional groups attached to an aromatic ring is 3. The highest BCUT2D eigenvalue weighted by Crippen LogP contribution is 2.37. The van der Waals surface area contributed by atoms with Crippen molar-refractivity contribution in [2.24, 2.45) is 0 Å². The highest BCUT2D eigenvalue weighted by Gasteiger charge is 2.08. The Labute approximate surface area is 80.9 Å². The number of aromatic hydroxyl groups is 1. The molecule has 14 heavy (non-hydrogen) atoms. The molecular formula is C10H11N3O. The molecule has 0 aliphatic heterocycles. The lowest BCUT2D eigenvalue weighted by Crippen LogP contribution is -1.96. The second-order valence-electron chi connectivity index (χ2n) is 3.17. The summed E-state index contributed by atoms with van der Waals surface area (Å²) in [7, 11) is 0. The quantitative estimate of drug-likeness (QED) is 0.370. The van der Waals surface area contributed by atoms with Crippen molar-refractivity contribution in [2.75, 3.05) is 17.2 Å². The van der Waals surface area contributed by atoms with Crippen molar-refractivity contribution in [3.63, 3.8) is 0 Å². The maximum atomic E-state index is 9.70. The summed E-state index contributed by atoms with van der Waals surface area (Å²) in [6.45, 7) is 0. The van der Waals surface area contributed by atoms with E-state index in [1.807, 2.05) is 0 Å². The van der Waals surface area contributed by atoms with Gasteiger partial charge in [-0.25, -0.2) is 0 Å². The van der Waals surface area contributed by atoms with Gasteiger partial charge in [-0.15, -0.1) is 0 Å². The van der Waals surface area contributed by atoms with E-state index in [1.165, 1.54) is 0 Å². The number of hydrogen-bond acceptors (Lipinski definition) is 4. The zero-order chi connectivity index (χ0) is 10.3. The van der Waals surface area contributed by atoms with Crippen molar-refractivity contribution in [3.8, 4) is 5.75 Å². The molecule has 0 atom stereocenters. The van der Waals surface area contributed by atoms with Crippen molar-refractivity contribution in [1.82, 2.24) is 0 Å². The molecule has 2 rings (SSSR count). The van der Waals surface area contributed by atoms with Gasteiger partial charge in [0.25, 0.3) is 0 Å². The van der Waals surface area contributed by atoms with Gasteiger partial charge in [-0.05, 0) is 17.5 Å². The smallest absolute Gasteiger partial charge is 0.148 e. The van der Waals surface area contributed by atoms with Crippen LogP contribution in [0.15, 0.2) is 24.3 Å². The molecule has 0 heterocycles. The summed E-state index contributed by atoms with van der Waals surface area (Å²) in [5, 5.41) is 11.0. The summed E-state index contributed by atoms with van der Waals surface area (Å²) in [4.78, 5) is 0. The summed E-state index contributed by atoms with van der Waals surface area (Å²) in [5.41, 5.74) is 18.0. The predicted molar refractivity (Wildman–Crippen MR) is 58.8 cm³/mol. The second kappa shape index (κ2) is 2.70. The van der Waals surface area contributed by atoms with Crippen LogP contribution in [0.5, 0.6) is 5.75 Å². The normalized spacial score (nSPS) is 10.6. The summed E-state index contributed by atoms with van der Waals surface area (Å²) in [5.74, 6) is -0.00713. The van der Waals surface area contributed by atoms with Crippen LogP contribution < -0.4 is 17.2 Å². The van der Waals surface area contributed by atoms with Crippen LogP contribution in [-0.2, 0) is 0 Å². The van der Waals surface area contributed by atoms with Gasteiger partial charge in [0.05, 0.1) is 22.4 Å². The molecule has 72 valence electrons. The number of phenolic OH excluding ortho intramolecular Hbond substituents is 1. The summed E-state index contributed by atoms with van der Waals surface area (Å²) in [6, 6.07) is 6.92. The molecule has 2 aromatic rings. The van der Waals surface area contributed by atoms with Gasteiger partial charge in [-0.1, -0.05) is 12.1 Å². The van der Waals surface area contributed by atoms with Gasteiger partial charge < -0.3 is 22.3 Å². The largest absolute Gasteiger partial charge is 0.505 e. The average molecular weight is 189 g/mol. The minimum atomic E-state index is -0.00713. The van der Waals surface area contributed by atoms with Crippen molar-refractivity contribution in [3.05, 3.63) is 24.3 Å². The van der Waals surface area contributed by atoms with Crippen LogP contribution >= 0.6 is 0 Å². The number of hydrogen-bond donors (Lipinski definition) is 4. The third-order valence-corrected chi connectivity index (χ3v) is 2.26. The van der Waals surface area contributed by atoms with Crippen LogP contribution in [0.25, 0.3) is 10.8 Å². The van der Waals surface area contributed by atoms with E-state index in [4.69, 9.17) is 17.2 Å². The van der Waals surface area contributed by atoms with E-state index in [0.717, 1.165) is 5.39 Å². The van der Waals surface area contributed by atoms with Crippen LogP contribution in [0.3, 0.4) is 0 Å². The number of fused-ring (bicyclic) bond motifs is 1. The van der Waals surface area contributed by atoms with Crippen molar-refractivity contribution < 1.29 is 5.11 Å². The van der Waals surface area contributed by atoms with Crippen molar-refractivity contribution in [1.29, 1.82) is 0 Å². The Kier molecular flexibility index (Phi) is 1.64. The standard InChI is InChI=1S/C10H11N3O/c11-6-3-1-5-2-4-7(12)10(14)8(5)9(6)13/h1-4,14H,11-13H2. The maximum absolute atomic E-state index is 9.70. The molecule has 0 saturated carbocycles. The molecule has 0 fully saturated rings. The fourth-order valence-corrected chi connectivity index (χ4v) is 1.46. The molecule has 0 aromatic heterocycles. The zero-order valence-electron chi connectivity index (χ0n) is 7.49. The maximum Gasteiger partial charge on any atom is 0.148 e. The van der Waals surface area contributed by atoms with Gasteiger partial charge in [0.1, 0.15) is 5.75 Å². The molecule has 4 nitrogen and oxygen atoms in total. The van der Waals surface area contributed by atoms with Crippen LogP contribution in [-0.4, -0.2) is 5.11 Å². The van der Waals surface area contributed by atoms with Crippen LogP contribution in [0.4, 0.5) is 17.1 Å². The van der Waals surface area contributed by atoms with Crippen LogP contribution in [0.1, 0.15) is 0 Å². The van der Waals surface area contributed by atoms with Gasteiger partial charge in [-0.2, -0.15) is 0 Å². The number of benzene rings is 2. The highest BCUT2D eigenvalue weighted by molar-refractivity contribution is 6.04. The van der Waals surface area contributed by atoms with Gasteiger partial charge in [-0.3, -0.25) is 0 Å². The lowest BCUT2D eigenvalue weighted by molar-refractivity contribution is 0.484. The molecule has 4 heteroatoms. The Morgan fingerprint density at radius 3 is 2.07 bits per heavy atom. The molecule has 0 spiro atoms. The Morgan fingerprint density at radius 2 is 1.43 bits per heavy atom. The van der Waals surface area contributed by atoms with E-state index in [1.54, 1.807) is 24.3 Å². The van der Waals surface area contributed by atoms with E-state index >= 15 is 0 Å². The lowest BCUT2D eigenvalue weighted by Gasteiger charge is -2.08. The van der Waals surface area contributed by atoms with Gasteiger partial charge >= 0.3 is 0 Å². The summed E-state index contributed by atoms with van der Waals surface area (Å²) >= 11 is 0. The van der Waals surface area contributed by atoms with E-state index in [-0.39, 0.29) is 5.75 Å². The summed E-state index contributed by atoms with van der Waals surface area (Å²) in [6.07, 6.45) is 0. The second-order valence-corrected chi connectivity index (χ2v) is 3.17. The molecule has 2 aromatic carbocycles. The fourth-order valence-electron chi connectivity index (χ4n) is 1.46. The number of phenols is 1. The molecule has 0 saturated heterocycles. The van der Waals surface area contributed by atoms with Crippen molar-refractivity contribution in [2.45, 2.75) is 0 Å². The first-order valence-corrected chi connectivity index (χ1v) is 4.16. The van der Waals surface area contributed by atoms with Gasteiger partial charge in [0.2, 0.25) is 0 Å².